The number of urea groups is 1. The number of thiophene rings is 1. The number of hydrogen-bond donors (Lipinski definition) is 2. The van der Waals surface area contributed by atoms with E-state index in [9.17, 15) is 9.59 Å². The number of likely N-dealkylation sites (N-methyl/N-ethyl adjacent to an activating group) is 1. The third kappa shape index (κ3) is 4.36. The Morgan fingerprint density at radius 2 is 2.12 bits per heavy atom. The van der Waals surface area contributed by atoms with E-state index in [0.717, 1.165) is 6.54 Å². The number of nitrogens with one attached hydrogen (secondary N) is 2. The zero-order valence-electron chi connectivity index (χ0n) is 14.6. The first-order valence-corrected chi connectivity index (χ1v) is 9.03. The first-order valence-electron chi connectivity index (χ1n) is 8.15. The average Bonchev–Trinajstić information content (AvgIpc) is 2.91. The van der Waals surface area contributed by atoms with Gasteiger partial charge in [-0.15, -0.1) is 11.3 Å². The summed E-state index contributed by atoms with van der Waals surface area (Å²) >= 11 is 1.71. The molecular weight excluding hydrogens is 326 g/mol. The van der Waals surface area contributed by atoms with Crippen LogP contribution in [-0.2, 0) is 16.1 Å². The summed E-state index contributed by atoms with van der Waals surface area (Å²) < 4.78 is 5.18. The molecule has 0 bridgehead atoms. The van der Waals surface area contributed by atoms with Crippen LogP contribution in [0.1, 0.15) is 30.7 Å². The maximum absolute atomic E-state index is 12.3. The number of hydrogen-bond acceptors (Lipinski definition) is 5. The largest absolute Gasteiger partial charge is 0.463 e. The molecule has 1 unspecified atom stereocenters. The molecule has 7 heteroatoms. The zero-order valence-corrected chi connectivity index (χ0v) is 15.5. The minimum atomic E-state index is -0.368. The number of esters is 1. The van der Waals surface area contributed by atoms with E-state index in [0.29, 0.717) is 30.8 Å². The summed E-state index contributed by atoms with van der Waals surface area (Å²) in [5, 5.41) is 7.64. The van der Waals surface area contributed by atoms with Gasteiger partial charge >= 0.3 is 12.0 Å². The maximum atomic E-state index is 12.3. The van der Waals surface area contributed by atoms with Crippen molar-refractivity contribution in [2.75, 3.05) is 20.2 Å². The molecule has 0 spiro atoms. The van der Waals surface area contributed by atoms with Crippen molar-refractivity contribution in [3.8, 4) is 0 Å². The van der Waals surface area contributed by atoms with Gasteiger partial charge in [-0.25, -0.2) is 9.59 Å². The van der Waals surface area contributed by atoms with Crippen molar-refractivity contribution >= 4 is 23.3 Å². The molecule has 6 nitrogen and oxygen atoms in total. The monoisotopic (exact) mass is 351 g/mol. The van der Waals surface area contributed by atoms with Crippen LogP contribution in [0, 0.1) is 6.92 Å². The van der Waals surface area contributed by atoms with Gasteiger partial charge in [0.15, 0.2) is 0 Å². The highest BCUT2D eigenvalue weighted by Crippen LogP contribution is 2.20. The summed E-state index contributed by atoms with van der Waals surface area (Å²) in [4.78, 5) is 27.6. The SMILES string of the molecule is CCOC(=O)C1=C(CN(C)Cc2sccc2C)NC(=O)NC1CC. The Bertz CT molecular complexity index is 639. The second kappa shape index (κ2) is 8.30. The second-order valence-electron chi connectivity index (χ2n) is 5.87. The number of rotatable bonds is 7. The van der Waals surface area contributed by atoms with Gasteiger partial charge in [-0.2, -0.15) is 0 Å². The molecule has 132 valence electrons. The van der Waals surface area contributed by atoms with Crippen LogP contribution < -0.4 is 10.6 Å². The molecule has 24 heavy (non-hydrogen) atoms. The van der Waals surface area contributed by atoms with Crippen molar-refractivity contribution in [3.63, 3.8) is 0 Å². The van der Waals surface area contributed by atoms with Gasteiger partial charge in [-0.3, -0.25) is 4.90 Å². The van der Waals surface area contributed by atoms with Crippen molar-refractivity contribution < 1.29 is 14.3 Å². The number of nitrogens with zero attached hydrogens (tertiary/aromatic N) is 1. The molecule has 0 aliphatic carbocycles. The second-order valence-corrected chi connectivity index (χ2v) is 6.87. The summed E-state index contributed by atoms with van der Waals surface area (Å²) in [6.07, 6.45) is 0.638. The van der Waals surface area contributed by atoms with Gasteiger partial charge in [0.2, 0.25) is 0 Å². The van der Waals surface area contributed by atoms with E-state index in [1.807, 2.05) is 14.0 Å². The van der Waals surface area contributed by atoms with Gasteiger partial charge in [0.05, 0.1) is 18.2 Å². The normalized spacial score (nSPS) is 17.7. The highest BCUT2D eigenvalue weighted by atomic mass is 32.1. The quantitative estimate of drug-likeness (QED) is 0.740. The summed E-state index contributed by atoms with van der Waals surface area (Å²) in [7, 11) is 1.98. The minimum Gasteiger partial charge on any atom is -0.463 e. The first-order chi connectivity index (χ1) is 11.5. The highest BCUT2D eigenvalue weighted by molar-refractivity contribution is 7.10. The summed E-state index contributed by atoms with van der Waals surface area (Å²) in [5.74, 6) is -0.368. The Hall–Kier alpha value is -1.86. The topological polar surface area (TPSA) is 70.7 Å². The van der Waals surface area contributed by atoms with E-state index < -0.39 is 0 Å². The van der Waals surface area contributed by atoms with E-state index >= 15 is 0 Å². The summed E-state index contributed by atoms with van der Waals surface area (Å²) in [6, 6.07) is 1.51. The van der Waals surface area contributed by atoms with Gasteiger partial charge in [0.1, 0.15) is 0 Å². The molecule has 0 fully saturated rings. The van der Waals surface area contributed by atoms with Crippen molar-refractivity contribution in [1.82, 2.24) is 15.5 Å². The molecule has 1 aromatic rings. The van der Waals surface area contributed by atoms with E-state index in [1.54, 1.807) is 18.3 Å². The van der Waals surface area contributed by atoms with Crippen molar-refractivity contribution in [2.45, 2.75) is 39.8 Å². The molecule has 2 N–H and O–H groups in total. The number of amides is 2. The highest BCUT2D eigenvalue weighted by Gasteiger charge is 2.31. The minimum absolute atomic E-state index is 0.273. The molecule has 2 heterocycles. The number of carbonyl (C=O) groups is 2. The molecule has 1 aliphatic rings. The number of aryl methyl sites for hydroxylation is 1. The van der Waals surface area contributed by atoms with Crippen molar-refractivity contribution in [1.29, 1.82) is 0 Å². The molecular formula is C17H25N3O3S. The maximum Gasteiger partial charge on any atom is 0.337 e. The van der Waals surface area contributed by atoms with Crippen LogP contribution in [0.5, 0.6) is 0 Å². The van der Waals surface area contributed by atoms with Crippen LogP contribution in [0.25, 0.3) is 0 Å². The molecule has 1 aliphatic heterocycles. The zero-order chi connectivity index (χ0) is 17.7. The number of ether oxygens (including phenoxy) is 1. The van der Waals surface area contributed by atoms with Crippen LogP contribution in [-0.4, -0.2) is 43.1 Å². The average molecular weight is 351 g/mol. The Balaban J connectivity index is 2.21. The van der Waals surface area contributed by atoms with E-state index in [2.05, 4.69) is 33.9 Å². The van der Waals surface area contributed by atoms with E-state index in [-0.39, 0.29) is 18.0 Å². The van der Waals surface area contributed by atoms with Gasteiger partial charge in [-0.1, -0.05) is 6.92 Å². The lowest BCUT2D eigenvalue weighted by Gasteiger charge is -2.30. The fourth-order valence-electron chi connectivity index (χ4n) is 2.72. The summed E-state index contributed by atoms with van der Waals surface area (Å²) in [5.41, 5.74) is 2.40. The third-order valence-electron chi connectivity index (χ3n) is 3.96. The lowest BCUT2D eigenvalue weighted by molar-refractivity contribution is -0.139. The molecule has 0 radical (unpaired) electrons. The van der Waals surface area contributed by atoms with Crippen LogP contribution in [0.3, 0.4) is 0 Å². The molecule has 2 rings (SSSR count). The Morgan fingerprint density at radius 3 is 2.71 bits per heavy atom. The van der Waals surface area contributed by atoms with Crippen molar-refractivity contribution in [3.05, 3.63) is 33.2 Å². The lowest BCUT2D eigenvalue weighted by Crippen LogP contribution is -2.51. The molecule has 0 saturated heterocycles. The Morgan fingerprint density at radius 1 is 1.38 bits per heavy atom. The fraction of sp³-hybridized carbons (Fsp3) is 0.529. The third-order valence-corrected chi connectivity index (χ3v) is 4.96. The van der Waals surface area contributed by atoms with Crippen LogP contribution in [0.2, 0.25) is 0 Å². The fourth-order valence-corrected chi connectivity index (χ4v) is 3.71. The predicted octanol–water partition coefficient (Wildman–Crippen LogP) is 2.40. The van der Waals surface area contributed by atoms with Gasteiger partial charge in [-0.05, 0) is 44.3 Å². The molecule has 1 aromatic heterocycles. The molecule has 2 amide bonds. The van der Waals surface area contributed by atoms with Crippen LogP contribution >= 0.6 is 11.3 Å². The van der Waals surface area contributed by atoms with Crippen LogP contribution in [0.4, 0.5) is 4.79 Å². The molecule has 0 aromatic carbocycles. The Kier molecular flexibility index (Phi) is 6.39. The van der Waals surface area contributed by atoms with E-state index in [4.69, 9.17) is 4.74 Å². The molecule has 1 atom stereocenters. The standard InChI is InChI=1S/C17H25N3O3S/c1-5-12-15(16(21)23-6-2)13(19-17(22)18-12)9-20(4)10-14-11(3)7-8-24-14/h7-8,12H,5-6,9-10H2,1-4H3,(H2,18,19,22). The van der Waals surface area contributed by atoms with Gasteiger partial charge < -0.3 is 15.4 Å². The van der Waals surface area contributed by atoms with Gasteiger partial charge in [0.25, 0.3) is 0 Å². The Labute approximate surface area is 146 Å². The summed E-state index contributed by atoms with van der Waals surface area (Å²) in [6.45, 7) is 7.36. The van der Waals surface area contributed by atoms with Gasteiger partial charge in [0, 0.05) is 23.7 Å². The van der Waals surface area contributed by atoms with Crippen molar-refractivity contribution in [2.24, 2.45) is 0 Å². The van der Waals surface area contributed by atoms with Crippen LogP contribution in [0.15, 0.2) is 22.7 Å². The lowest BCUT2D eigenvalue weighted by atomic mass is 10.00. The number of carbonyl (C=O) groups excluding carboxylic acids is 2. The predicted molar refractivity (Wildman–Crippen MR) is 94.8 cm³/mol. The smallest absolute Gasteiger partial charge is 0.337 e. The molecule has 0 saturated carbocycles. The first kappa shape index (κ1) is 18.5. The van der Waals surface area contributed by atoms with E-state index in [1.165, 1.54) is 10.4 Å².